The van der Waals surface area contributed by atoms with E-state index in [4.69, 9.17) is 4.74 Å². The summed E-state index contributed by atoms with van der Waals surface area (Å²) in [4.78, 5) is 27.7. The number of nitro groups is 1. The maximum Gasteiger partial charge on any atom is 0.269 e. The smallest absolute Gasteiger partial charge is 0.269 e. The van der Waals surface area contributed by atoms with E-state index in [-0.39, 0.29) is 11.5 Å². The normalized spacial score (nSPS) is 14.7. The minimum Gasteiger partial charge on any atom is -0.457 e. The van der Waals surface area contributed by atoms with Crippen LogP contribution in [-0.4, -0.2) is 53.2 Å². The van der Waals surface area contributed by atoms with E-state index in [2.05, 4.69) is 34.1 Å². The minimum absolute atomic E-state index is 0.0147. The highest BCUT2D eigenvalue weighted by molar-refractivity contribution is 5.96. The number of ether oxygens (including phenoxy) is 1. The second kappa shape index (κ2) is 10.8. The summed E-state index contributed by atoms with van der Waals surface area (Å²) in [5, 5.41) is 10.7. The number of carbonyl (C=O) groups excluding carboxylic acids is 1. The molecule has 0 aromatic heterocycles. The van der Waals surface area contributed by atoms with Gasteiger partial charge in [0, 0.05) is 63.4 Å². The van der Waals surface area contributed by atoms with Crippen molar-refractivity contribution >= 4 is 11.5 Å². The predicted molar refractivity (Wildman–Crippen MR) is 127 cm³/mol. The first kappa shape index (κ1) is 22.6. The van der Waals surface area contributed by atoms with Crippen LogP contribution >= 0.6 is 0 Å². The van der Waals surface area contributed by atoms with Gasteiger partial charge in [-0.05, 0) is 42.0 Å². The van der Waals surface area contributed by atoms with E-state index in [1.807, 2.05) is 6.07 Å². The van der Waals surface area contributed by atoms with Crippen molar-refractivity contribution in [3.63, 3.8) is 0 Å². The van der Waals surface area contributed by atoms with Crippen LogP contribution in [0.1, 0.15) is 22.3 Å². The number of nitro benzene ring substituents is 1. The predicted octanol–water partition coefficient (Wildman–Crippen LogP) is 4.78. The molecule has 0 atom stereocenters. The van der Waals surface area contributed by atoms with E-state index in [1.165, 1.54) is 17.7 Å². The Hall–Kier alpha value is -3.55. The molecule has 1 aliphatic rings. The SMILES string of the molecule is O=C(CCN1CCN(Cc2ccccc2)CC1)c1ccc(Oc2ccc([N+](=O)[O-])cc2)cc1. The van der Waals surface area contributed by atoms with Crippen LogP contribution < -0.4 is 4.74 Å². The maximum absolute atomic E-state index is 12.6. The van der Waals surface area contributed by atoms with Crippen LogP contribution in [0.4, 0.5) is 5.69 Å². The number of hydrogen-bond donors (Lipinski definition) is 0. The Kier molecular flexibility index (Phi) is 7.44. The molecule has 1 fully saturated rings. The van der Waals surface area contributed by atoms with Crippen molar-refractivity contribution in [2.24, 2.45) is 0 Å². The Morgan fingerprint density at radius 2 is 1.39 bits per heavy atom. The standard InChI is InChI=1S/C26H27N3O4/c30-26(14-15-27-16-18-28(19-17-27)20-21-4-2-1-3-5-21)22-6-10-24(11-7-22)33-25-12-8-23(9-13-25)29(31)32/h1-13H,14-20H2. The van der Waals surface area contributed by atoms with E-state index >= 15 is 0 Å². The molecule has 3 aromatic rings. The zero-order valence-electron chi connectivity index (χ0n) is 18.4. The van der Waals surface area contributed by atoms with Gasteiger partial charge in [-0.2, -0.15) is 0 Å². The molecule has 0 amide bonds. The van der Waals surface area contributed by atoms with E-state index in [1.54, 1.807) is 36.4 Å². The summed E-state index contributed by atoms with van der Waals surface area (Å²) in [6, 6.07) is 23.4. The summed E-state index contributed by atoms with van der Waals surface area (Å²) >= 11 is 0. The monoisotopic (exact) mass is 445 g/mol. The Morgan fingerprint density at radius 1 is 0.818 bits per heavy atom. The largest absolute Gasteiger partial charge is 0.457 e. The molecule has 7 nitrogen and oxygen atoms in total. The van der Waals surface area contributed by atoms with Gasteiger partial charge >= 0.3 is 0 Å². The van der Waals surface area contributed by atoms with Crippen LogP contribution in [-0.2, 0) is 6.54 Å². The third-order valence-electron chi connectivity index (χ3n) is 5.83. The zero-order valence-corrected chi connectivity index (χ0v) is 18.4. The van der Waals surface area contributed by atoms with Gasteiger partial charge in [-0.15, -0.1) is 0 Å². The molecule has 0 aliphatic carbocycles. The number of ketones is 1. The third-order valence-corrected chi connectivity index (χ3v) is 5.83. The Bertz CT molecular complexity index is 1060. The van der Waals surface area contributed by atoms with Gasteiger partial charge < -0.3 is 9.64 Å². The van der Waals surface area contributed by atoms with Crippen LogP contribution in [0.3, 0.4) is 0 Å². The summed E-state index contributed by atoms with van der Waals surface area (Å²) in [7, 11) is 0. The molecular weight excluding hydrogens is 418 g/mol. The Morgan fingerprint density at radius 3 is 2.00 bits per heavy atom. The number of piperazine rings is 1. The van der Waals surface area contributed by atoms with Crippen molar-refractivity contribution in [1.82, 2.24) is 9.80 Å². The number of rotatable bonds is 9. The Labute approximate surface area is 193 Å². The van der Waals surface area contributed by atoms with Gasteiger partial charge in [-0.1, -0.05) is 30.3 Å². The highest BCUT2D eigenvalue weighted by Crippen LogP contribution is 2.24. The molecule has 170 valence electrons. The molecule has 3 aromatic carbocycles. The van der Waals surface area contributed by atoms with Crippen molar-refractivity contribution in [2.45, 2.75) is 13.0 Å². The average molecular weight is 446 g/mol. The van der Waals surface area contributed by atoms with Crippen LogP contribution in [0.5, 0.6) is 11.5 Å². The highest BCUT2D eigenvalue weighted by Gasteiger charge is 2.18. The van der Waals surface area contributed by atoms with Crippen LogP contribution in [0, 0.1) is 10.1 Å². The van der Waals surface area contributed by atoms with Gasteiger partial charge in [0.05, 0.1) is 4.92 Å². The van der Waals surface area contributed by atoms with E-state index in [0.29, 0.717) is 23.5 Å². The van der Waals surface area contributed by atoms with Crippen LogP contribution in [0.25, 0.3) is 0 Å². The molecule has 1 saturated heterocycles. The third kappa shape index (κ3) is 6.47. The zero-order chi connectivity index (χ0) is 23.0. The number of carbonyl (C=O) groups is 1. The van der Waals surface area contributed by atoms with Crippen molar-refractivity contribution in [2.75, 3.05) is 32.7 Å². The molecule has 0 radical (unpaired) electrons. The molecule has 0 N–H and O–H groups in total. The van der Waals surface area contributed by atoms with Gasteiger partial charge in [0.15, 0.2) is 5.78 Å². The van der Waals surface area contributed by atoms with Crippen molar-refractivity contribution < 1.29 is 14.5 Å². The number of hydrogen-bond acceptors (Lipinski definition) is 6. The number of nitrogens with zero attached hydrogens (tertiary/aromatic N) is 3. The summed E-state index contributed by atoms with van der Waals surface area (Å²) in [5.41, 5.74) is 2.01. The number of non-ortho nitro benzene ring substituents is 1. The lowest BCUT2D eigenvalue weighted by molar-refractivity contribution is -0.384. The quantitative estimate of drug-likeness (QED) is 0.268. The highest BCUT2D eigenvalue weighted by atomic mass is 16.6. The van der Waals surface area contributed by atoms with Crippen LogP contribution in [0.15, 0.2) is 78.9 Å². The average Bonchev–Trinajstić information content (AvgIpc) is 2.85. The topological polar surface area (TPSA) is 75.9 Å². The summed E-state index contributed by atoms with van der Waals surface area (Å²) in [6.07, 6.45) is 0.487. The minimum atomic E-state index is -0.450. The molecule has 4 rings (SSSR count). The lowest BCUT2D eigenvalue weighted by atomic mass is 10.1. The second-order valence-electron chi connectivity index (χ2n) is 8.15. The fraction of sp³-hybridized carbons (Fsp3) is 0.269. The second-order valence-corrected chi connectivity index (χ2v) is 8.15. The van der Waals surface area contributed by atoms with Gasteiger partial charge in [0.25, 0.3) is 5.69 Å². The maximum atomic E-state index is 12.6. The fourth-order valence-electron chi connectivity index (χ4n) is 3.90. The van der Waals surface area contributed by atoms with Gasteiger partial charge in [0.1, 0.15) is 11.5 Å². The summed E-state index contributed by atoms with van der Waals surface area (Å²) in [5.74, 6) is 1.20. The lowest BCUT2D eigenvalue weighted by Gasteiger charge is -2.34. The van der Waals surface area contributed by atoms with Gasteiger partial charge in [-0.3, -0.25) is 19.8 Å². The molecule has 1 aliphatic heterocycles. The van der Waals surface area contributed by atoms with Gasteiger partial charge in [-0.25, -0.2) is 0 Å². The van der Waals surface area contributed by atoms with Crippen molar-refractivity contribution in [3.8, 4) is 11.5 Å². The van der Waals surface area contributed by atoms with E-state index < -0.39 is 4.92 Å². The molecule has 7 heteroatoms. The van der Waals surface area contributed by atoms with Gasteiger partial charge in [0.2, 0.25) is 0 Å². The van der Waals surface area contributed by atoms with Crippen molar-refractivity contribution in [3.05, 3.63) is 100 Å². The number of Topliss-reactive ketones (excluding diaryl/α,β-unsaturated/α-hetero) is 1. The van der Waals surface area contributed by atoms with E-state index in [9.17, 15) is 14.9 Å². The molecule has 0 saturated carbocycles. The number of benzene rings is 3. The molecular formula is C26H27N3O4. The summed E-state index contributed by atoms with van der Waals surface area (Å²) in [6.45, 7) is 5.71. The Balaban J connectivity index is 1.21. The fourth-order valence-corrected chi connectivity index (χ4v) is 3.90. The first-order valence-corrected chi connectivity index (χ1v) is 11.1. The van der Waals surface area contributed by atoms with Crippen molar-refractivity contribution in [1.29, 1.82) is 0 Å². The molecule has 0 spiro atoms. The molecule has 1 heterocycles. The molecule has 0 bridgehead atoms. The molecule has 33 heavy (non-hydrogen) atoms. The first-order chi connectivity index (χ1) is 16.1. The summed E-state index contributed by atoms with van der Waals surface area (Å²) < 4.78 is 5.71. The lowest BCUT2D eigenvalue weighted by Crippen LogP contribution is -2.46. The van der Waals surface area contributed by atoms with E-state index in [0.717, 1.165) is 39.3 Å². The first-order valence-electron chi connectivity index (χ1n) is 11.1. The molecule has 0 unspecified atom stereocenters. The van der Waals surface area contributed by atoms with Crippen LogP contribution in [0.2, 0.25) is 0 Å².